The van der Waals surface area contributed by atoms with Crippen LogP contribution in [0.4, 0.5) is 5.82 Å². The summed E-state index contributed by atoms with van der Waals surface area (Å²) in [6, 6.07) is 20.5. The monoisotopic (exact) mass is 449 g/mol. The molecule has 166 valence electrons. The summed E-state index contributed by atoms with van der Waals surface area (Å²) in [7, 11) is 1.33. The van der Waals surface area contributed by atoms with Gasteiger partial charge in [-0.25, -0.2) is 9.78 Å². The summed E-state index contributed by atoms with van der Waals surface area (Å²) in [5.74, 6) is 0.781. The number of hydrogen-bond donors (Lipinski definition) is 2. The fraction of sp³-hybridized carbons (Fsp3) is 0.240. The predicted octanol–water partition coefficient (Wildman–Crippen LogP) is 4.39. The first-order chi connectivity index (χ1) is 15.6. The second-order valence-electron chi connectivity index (χ2n) is 7.15. The molecule has 0 aliphatic carbocycles. The minimum atomic E-state index is -0.686. The van der Waals surface area contributed by atoms with Gasteiger partial charge >= 0.3 is 5.97 Å². The third-order valence-corrected chi connectivity index (χ3v) is 5.60. The van der Waals surface area contributed by atoms with Crippen LogP contribution in [-0.2, 0) is 16.1 Å². The number of hydrogen-bond acceptors (Lipinski definition) is 6. The van der Waals surface area contributed by atoms with Gasteiger partial charge in [0.2, 0.25) is 0 Å². The number of carbonyl (C=O) groups is 2. The molecule has 0 bridgehead atoms. The van der Waals surface area contributed by atoms with Crippen molar-refractivity contribution in [2.24, 2.45) is 0 Å². The minimum Gasteiger partial charge on any atom is -0.467 e. The lowest BCUT2D eigenvalue weighted by Gasteiger charge is -2.18. The van der Waals surface area contributed by atoms with Gasteiger partial charge in [0, 0.05) is 18.3 Å². The van der Waals surface area contributed by atoms with Gasteiger partial charge in [-0.3, -0.25) is 4.79 Å². The first kappa shape index (κ1) is 23.3. The van der Waals surface area contributed by atoms with E-state index in [1.54, 1.807) is 24.0 Å². The summed E-state index contributed by atoms with van der Waals surface area (Å²) in [5, 5.41) is 6.14. The van der Waals surface area contributed by atoms with Gasteiger partial charge in [-0.1, -0.05) is 42.5 Å². The van der Waals surface area contributed by atoms with E-state index in [1.807, 2.05) is 66.9 Å². The molecule has 3 rings (SSSR count). The summed E-state index contributed by atoms with van der Waals surface area (Å²) in [6.07, 6.45) is 4.20. The summed E-state index contributed by atoms with van der Waals surface area (Å²) in [5.41, 5.74) is 3.25. The largest absolute Gasteiger partial charge is 0.467 e. The first-order valence-corrected chi connectivity index (χ1v) is 11.7. The predicted molar refractivity (Wildman–Crippen MR) is 130 cm³/mol. The Bertz CT molecular complexity index is 1030. The van der Waals surface area contributed by atoms with E-state index in [0.29, 0.717) is 18.5 Å². The molecule has 2 N–H and O–H groups in total. The number of pyridine rings is 1. The maximum atomic E-state index is 13.2. The molecule has 32 heavy (non-hydrogen) atoms. The quantitative estimate of drug-likeness (QED) is 0.447. The molecule has 1 unspecified atom stereocenters. The van der Waals surface area contributed by atoms with Crippen molar-refractivity contribution in [2.75, 3.05) is 24.4 Å². The van der Waals surface area contributed by atoms with Gasteiger partial charge in [-0.15, -0.1) is 0 Å². The van der Waals surface area contributed by atoms with Crippen LogP contribution in [0.25, 0.3) is 11.1 Å². The topological polar surface area (TPSA) is 80.3 Å². The highest BCUT2D eigenvalue weighted by Gasteiger charge is 2.23. The van der Waals surface area contributed by atoms with Gasteiger partial charge in [0.15, 0.2) is 0 Å². The van der Waals surface area contributed by atoms with Gasteiger partial charge in [0.1, 0.15) is 11.9 Å². The Morgan fingerprint density at radius 1 is 1.06 bits per heavy atom. The van der Waals surface area contributed by atoms with Crippen molar-refractivity contribution in [1.29, 1.82) is 0 Å². The van der Waals surface area contributed by atoms with Crippen molar-refractivity contribution in [2.45, 2.75) is 19.0 Å². The average Bonchev–Trinajstić information content (AvgIpc) is 2.85. The maximum Gasteiger partial charge on any atom is 0.328 e. The van der Waals surface area contributed by atoms with Crippen LogP contribution in [0.3, 0.4) is 0 Å². The number of methoxy groups -OCH3 is 1. The zero-order valence-corrected chi connectivity index (χ0v) is 19.0. The molecule has 0 aliphatic rings. The maximum absolute atomic E-state index is 13.2. The molecule has 1 heterocycles. The van der Waals surface area contributed by atoms with Gasteiger partial charge in [-0.2, -0.15) is 11.8 Å². The number of esters is 1. The highest BCUT2D eigenvalue weighted by Crippen LogP contribution is 2.26. The standard InChI is InChI=1S/C25H27N3O3S/c1-31-25(30)22(13-15-32-2)28-24(29)20-12-11-18(17-27-23-10-6-7-14-26-23)16-21(20)19-8-4-3-5-9-19/h3-12,14,16,22H,13,15,17H2,1-2H3,(H,26,27)(H,28,29). The molecule has 0 fully saturated rings. The molecule has 3 aromatic rings. The molecule has 7 heteroatoms. The molecule has 1 atom stereocenters. The number of carbonyl (C=O) groups excluding carboxylic acids is 2. The molecule has 0 saturated carbocycles. The molecule has 0 aliphatic heterocycles. The zero-order valence-electron chi connectivity index (χ0n) is 18.2. The van der Waals surface area contributed by atoms with E-state index in [1.165, 1.54) is 7.11 Å². The highest BCUT2D eigenvalue weighted by molar-refractivity contribution is 7.98. The van der Waals surface area contributed by atoms with Crippen LogP contribution < -0.4 is 10.6 Å². The number of nitrogens with one attached hydrogen (secondary N) is 2. The van der Waals surface area contributed by atoms with Gasteiger partial charge in [0.05, 0.1) is 7.11 Å². The lowest BCUT2D eigenvalue weighted by atomic mass is 9.96. The summed E-state index contributed by atoms with van der Waals surface area (Å²) < 4.78 is 4.88. The summed E-state index contributed by atoms with van der Waals surface area (Å²) >= 11 is 1.62. The SMILES string of the molecule is COC(=O)C(CCSC)NC(=O)c1ccc(CNc2ccccn2)cc1-c1ccccc1. The van der Waals surface area contributed by atoms with Crippen molar-refractivity contribution < 1.29 is 14.3 Å². The lowest BCUT2D eigenvalue weighted by molar-refractivity contribution is -0.142. The number of anilines is 1. The second-order valence-corrected chi connectivity index (χ2v) is 8.13. The molecule has 2 aromatic carbocycles. The Morgan fingerprint density at radius 2 is 1.84 bits per heavy atom. The molecule has 0 spiro atoms. The van der Waals surface area contributed by atoms with E-state index in [2.05, 4.69) is 15.6 Å². The number of rotatable bonds is 10. The lowest BCUT2D eigenvalue weighted by Crippen LogP contribution is -2.42. The smallest absolute Gasteiger partial charge is 0.328 e. The van der Waals surface area contributed by atoms with Crippen LogP contribution in [-0.4, -0.2) is 42.0 Å². The molecule has 6 nitrogen and oxygen atoms in total. The van der Waals surface area contributed by atoms with Crippen molar-refractivity contribution in [1.82, 2.24) is 10.3 Å². The highest BCUT2D eigenvalue weighted by atomic mass is 32.2. The Morgan fingerprint density at radius 3 is 2.53 bits per heavy atom. The number of ether oxygens (including phenoxy) is 1. The molecule has 0 radical (unpaired) electrons. The Hall–Kier alpha value is -3.32. The van der Waals surface area contributed by atoms with E-state index in [9.17, 15) is 9.59 Å². The third-order valence-electron chi connectivity index (χ3n) is 4.95. The van der Waals surface area contributed by atoms with Crippen LogP contribution >= 0.6 is 11.8 Å². The molecule has 1 aromatic heterocycles. The van der Waals surface area contributed by atoms with E-state index in [0.717, 1.165) is 28.3 Å². The number of thioether (sulfide) groups is 1. The number of amides is 1. The summed E-state index contributed by atoms with van der Waals surface area (Å²) in [4.78, 5) is 29.6. The van der Waals surface area contributed by atoms with Crippen molar-refractivity contribution in [3.05, 3.63) is 84.1 Å². The number of benzene rings is 2. The van der Waals surface area contributed by atoms with Crippen LogP contribution in [0.15, 0.2) is 72.9 Å². The van der Waals surface area contributed by atoms with Crippen LogP contribution in [0.2, 0.25) is 0 Å². The van der Waals surface area contributed by atoms with Crippen molar-refractivity contribution in [3.63, 3.8) is 0 Å². The van der Waals surface area contributed by atoms with E-state index in [4.69, 9.17) is 4.74 Å². The van der Waals surface area contributed by atoms with Gasteiger partial charge in [-0.05, 0) is 59.4 Å². The molecular weight excluding hydrogens is 422 g/mol. The Labute approximate surface area is 192 Å². The van der Waals surface area contributed by atoms with Gasteiger partial charge in [0.25, 0.3) is 5.91 Å². The average molecular weight is 450 g/mol. The fourth-order valence-corrected chi connectivity index (χ4v) is 3.75. The van der Waals surface area contributed by atoms with Crippen LogP contribution in [0.5, 0.6) is 0 Å². The molecular formula is C25H27N3O3S. The molecule has 1 amide bonds. The third kappa shape index (κ3) is 6.34. The second kappa shape index (κ2) is 11.9. The normalized spacial score (nSPS) is 11.4. The van der Waals surface area contributed by atoms with E-state index < -0.39 is 12.0 Å². The van der Waals surface area contributed by atoms with Crippen molar-refractivity contribution >= 4 is 29.5 Å². The van der Waals surface area contributed by atoms with Gasteiger partial charge < -0.3 is 15.4 Å². The van der Waals surface area contributed by atoms with E-state index >= 15 is 0 Å². The number of aromatic nitrogens is 1. The Kier molecular flexibility index (Phi) is 8.69. The minimum absolute atomic E-state index is 0.301. The van der Waals surface area contributed by atoms with Crippen LogP contribution in [0, 0.1) is 0 Å². The zero-order chi connectivity index (χ0) is 22.8. The first-order valence-electron chi connectivity index (χ1n) is 10.3. The van der Waals surface area contributed by atoms with Crippen molar-refractivity contribution in [3.8, 4) is 11.1 Å². The van der Waals surface area contributed by atoms with E-state index in [-0.39, 0.29) is 5.91 Å². The van der Waals surface area contributed by atoms with Crippen LogP contribution in [0.1, 0.15) is 22.3 Å². The number of nitrogens with zero attached hydrogens (tertiary/aromatic N) is 1. The fourth-order valence-electron chi connectivity index (χ4n) is 3.28. The molecule has 0 saturated heterocycles. The Balaban J connectivity index is 1.86. The summed E-state index contributed by atoms with van der Waals surface area (Å²) in [6.45, 7) is 0.567.